The fraction of sp³-hybridized carbons (Fsp3) is 0.0769. The van der Waals surface area contributed by atoms with Gasteiger partial charge in [-0.1, -0.05) is 40.9 Å². The number of benzene rings is 1. The van der Waals surface area contributed by atoms with Crippen molar-refractivity contribution >= 4 is 46.4 Å². The molecule has 2 aromatic rings. The Hall–Kier alpha value is -1.36. The molecule has 3 nitrogen and oxygen atoms in total. The quantitative estimate of drug-likeness (QED) is 0.806. The monoisotopic (exact) mass is 332 g/mol. The predicted molar refractivity (Wildman–Crippen MR) is 78.4 cm³/mol. The van der Waals surface area contributed by atoms with Gasteiger partial charge in [0.05, 0.1) is 16.3 Å². The second-order valence-electron chi connectivity index (χ2n) is 3.98. The molecule has 0 radical (unpaired) electrons. The molecular weight excluding hydrogens is 326 g/mol. The van der Waals surface area contributed by atoms with Crippen LogP contribution < -0.4 is 5.32 Å². The molecule has 20 heavy (non-hydrogen) atoms. The Bertz CT molecular complexity index is 668. The number of halogens is 4. The smallest absolute Gasteiger partial charge is 0.258 e. The van der Waals surface area contributed by atoms with Crippen molar-refractivity contribution in [3.63, 3.8) is 0 Å². The van der Waals surface area contributed by atoms with Gasteiger partial charge in [0.1, 0.15) is 5.15 Å². The van der Waals surface area contributed by atoms with Crippen LogP contribution in [0, 0.1) is 12.7 Å². The van der Waals surface area contributed by atoms with Crippen LogP contribution in [0.3, 0.4) is 0 Å². The van der Waals surface area contributed by atoms with Crippen molar-refractivity contribution < 1.29 is 9.18 Å². The van der Waals surface area contributed by atoms with Crippen LogP contribution in [0.1, 0.15) is 15.9 Å². The van der Waals surface area contributed by atoms with E-state index in [-0.39, 0.29) is 26.6 Å². The van der Waals surface area contributed by atoms with E-state index in [4.69, 9.17) is 34.8 Å². The number of aromatic nitrogens is 1. The number of hydrogen-bond acceptors (Lipinski definition) is 2. The molecule has 0 unspecified atom stereocenters. The minimum absolute atomic E-state index is 0.0331. The van der Waals surface area contributed by atoms with Gasteiger partial charge in [0, 0.05) is 0 Å². The van der Waals surface area contributed by atoms with Gasteiger partial charge in [0.25, 0.3) is 5.91 Å². The molecule has 0 atom stereocenters. The topological polar surface area (TPSA) is 42.0 Å². The molecule has 0 saturated carbocycles. The lowest BCUT2D eigenvalue weighted by atomic mass is 10.2. The molecule has 0 spiro atoms. The van der Waals surface area contributed by atoms with E-state index in [2.05, 4.69) is 10.3 Å². The summed E-state index contributed by atoms with van der Waals surface area (Å²) in [5, 5.41) is 2.61. The Labute approximate surface area is 129 Å². The minimum Gasteiger partial charge on any atom is -0.319 e. The highest BCUT2D eigenvalue weighted by atomic mass is 35.5. The van der Waals surface area contributed by atoms with Gasteiger partial charge < -0.3 is 5.32 Å². The number of hydrogen-bond donors (Lipinski definition) is 1. The van der Waals surface area contributed by atoms with E-state index >= 15 is 0 Å². The molecule has 1 N–H and O–H groups in total. The van der Waals surface area contributed by atoms with Crippen LogP contribution in [-0.4, -0.2) is 10.9 Å². The van der Waals surface area contributed by atoms with Gasteiger partial charge in [-0.05, 0) is 30.7 Å². The molecule has 1 amide bonds. The van der Waals surface area contributed by atoms with Gasteiger partial charge in [-0.2, -0.15) is 0 Å². The summed E-state index contributed by atoms with van der Waals surface area (Å²) in [7, 11) is 0. The van der Waals surface area contributed by atoms with Gasteiger partial charge in [-0.15, -0.1) is 0 Å². The Morgan fingerprint density at radius 2 is 2.00 bits per heavy atom. The van der Waals surface area contributed by atoms with E-state index in [0.717, 1.165) is 0 Å². The first-order valence-corrected chi connectivity index (χ1v) is 6.61. The molecule has 0 aliphatic rings. The Morgan fingerprint density at radius 1 is 1.30 bits per heavy atom. The second kappa shape index (κ2) is 5.95. The number of rotatable bonds is 2. The van der Waals surface area contributed by atoms with Crippen LogP contribution in [0.5, 0.6) is 0 Å². The van der Waals surface area contributed by atoms with Gasteiger partial charge in [0.2, 0.25) is 0 Å². The highest BCUT2D eigenvalue weighted by Gasteiger charge is 2.17. The van der Waals surface area contributed by atoms with Crippen LogP contribution >= 0.6 is 34.8 Å². The molecule has 0 saturated heterocycles. The van der Waals surface area contributed by atoms with E-state index in [9.17, 15) is 9.18 Å². The zero-order valence-electron chi connectivity index (χ0n) is 10.2. The van der Waals surface area contributed by atoms with Gasteiger partial charge in [0.15, 0.2) is 11.0 Å². The first-order valence-electron chi connectivity index (χ1n) is 5.48. The first kappa shape index (κ1) is 15.0. The SMILES string of the molecule is Cc1cc(Cl)nc(Cl)c1NC(=O)c1cccc(Cl)c1F. The number of pyridine rings is 1. The molecule has 0 aliphatic heterocycles. The number of carbonyl (C=O) groups is 1. The average Bonchev–Trinajstić information content (AvgIpc) is 2.36. The normalized spacial score (nSPS) is 10.4. The summed E-state index contributed by atoms with van der Waals surface area (Å²) in [5.41, 5.74) is 0.717. The molecule has 104 valence electrons. The van der Waals surface area contributed by atoms with Crippen molar-refractivity contribution in [2.75, 3.05) is 5.32 Å². The summed E-state index contributed by atoms with van der Waals surface area (Å²) >= 11 is 17.3. The van der Waals surface area contributed by atoms with Gasteiger partial charge >= 0.3 is 0 Å². The van der Waals surface area contributed by atoms with E-state index < -0.39 is 11.7 Å². The lowest BCUT2D eigenvalue weighted by Crippen LogP contribution is -2.15. The molecule has 2 rings (SSSR count). The number of aryl methyl sites for hydroxylation is 1. The number of anilines is 1. The summed E-state index contributed by atoms with van der Waals surface area (Å²) in [6.45, 7) is 1.70. The maximum atomic E-state index is 13.8. The number of nitrogens with zero attached hydrogens (tertiary/aromatic N) is 1. The zero-order valence-corrected chi connectivity index (χ0v) is 12.4. The van der Waals surface area contributed by atoms with Crippen molar-refractivity contribution in [3.05, 3.63) is 56.5 Å². The number of carbonyl (C=O) groups excluding carboxylic acids is 1. The molecule has 1 aromatic carbocycles. The zero-order chi connectivity index (χ0) is 14.9. The van der Waals surface area contributed by atoms with E-state index in [1.165, 1.54) is 24.3 Å². The van der Waals surface area contributed by atoms with Crippen LogP contribution in [0.15, 0.2) is 24.3 Å². The van der Waals surface area contributed by atoms with Crippen molar-refractivity contribution in [2.45, 2.75) is 6.92 Å². The fourth-order valence-corrected chi connectivity index (χ4v) is 2.36. The van der Waals surface area contributed by atoms with Crippen LogP contribution in [0.4, 0.5) is 10.1 Å². The maximum absolute atomic E-state index is 13.8. The van der Waals surface area contributed by atoms with Crippen molar-refractivity contribution in [3.8, 4) is 0 Å². The second-order valence-corrected chi connectivity index (χ2v) is 5.14. The standard InChI is InChI=1S/C13H8Cl3FN2O/c1-6-5-9(15)18-12(16)11(6)19-13(20)7-3-2-4-8(14)10(7)17/h2-5H,1H3,(H,19,20). The average molecular weight is 334 g/mol. The Morgan fingerprint density at radius 3 is 2.65 bits per heavy atom. The highest BCUT2D eigenvalue weighted by molar-refractivity contribution is 6.35. The van der Waals surface area contributed by atoms with Crippen LogP contribution in [-0.2, 0) is 0 Å². The third kappa shape index (κ3) is 3.03. The summed E-state index contributed by atoms with van der Waals surface area (Å²) < 4.78 is 13.8. The highest BCUT2D eigenvalue weighted by Crippen LogP contribution is 2.27. The third-order valence-electron chi connectivity index (χ3n) is 2.58. The van der Waals surface area contributed by atoms with Crippen LogP contribution in [0.2, 0.25) is 15.3 Å². The third-order valence-corrected chi connectivity index (χ3v) is 3.33. The van der Waals surface area contributed by atoms with Crippen molar-refractivity contribution in [1.29, 1.82) is 0 Å². The molecule has 1 aromatic heterocycles. The summed E-state index contributed by atoms with van der Waals surface area (Å²) in [6.07, 6.45) is 0. The maximum Gasteiger partial charge on any atom is 0.258 e. The molecule has 0 aliphatic carbocycles. The van der Waals surface area contributed by atoms with E-state index in [1.54, 1.807) is 6.92 Å². The largest absolute Gasteiger partial charge is 0.319 e. The molecular formula is C13H8Cl3FN2O. The van der Waals surface area contributed by atoms with Crippen molar-refractivity contribution in [1.82, 2.24) is 4.98 Å². The van der Waals surface area contributed by atoms with Gasteiger partial charge in [-0.25, -0.2) is 9.37 Å². The molecule has 7 heteroatoms. The minimum atomic E-state index is -0.789. The van der Waals surface area contributed by atoms with Crippen LogP contribution in [0.25, 0.3) is 0 Å². The fourth-order valence-electron chi connectivity index (χ4n) is 1.61. The van der Waals surface area contributed by atoms with Gasteiger partial charge in [-0.3, -0.25) is 4.79 Å². The summed E-state index contributed by atoms with van der Waals surface area (Å²) in [5.74, 6) is -1.46. The summed E-state index contributed by atoms with van der Waals surface area (Å²) in [4.78, 5) is 15.9. The predicted octanol–water partition coefficient (Wildman–Crippen LogP) is 4.74. The lowest BCUT2D eigenvalue weighted by Gasteiger charge is -2.11. The van der Waals surface area contributed by atoms with Crippen molar-refractivity contribution in [2.24, 2.45) is 0 Å². The Balaban J connectivity index is 2.36. The van der Waals surface area contributed by atoms with E-state index in [1.807, 2.05) is 0 Å². The molecule has 0 fully saturated rings. The summed E-state index contributed by atoms with van der Waals surface area (Å²) in [6, 6.07) is 5.70. The first-order chi connectivity index (χ1) is 9.40. The Kier molecular flexibility index (Phi) is 4.48. The van der Waals surface area contributed by atoms with E-state index in [0.29, 0.717) is 5.56 Å². The molecule has 0 bridgehead atoms. The lowest BCUT2D eigenvalue weighted by molar-refractivity contribution is 0.102. The number of nitrogens with one attached hydrogen (secondary N) is 1. The molecule has 1 heterocycles. The number of amides is 1.